The Labute approximate surface area is 206 Å². The quantitative estimate of drug-likeness (QED) is 0.382. The standard InChI is InChI=1S/C27H27F2N5O2/c1-17(26(35)30-22-10-11-23-24(16-22)32-27(36)31-23)33-12-14-34(15-13-33)25(18-2-6-20(28)7-3-18)19-4-8-21(29)9-5-19/h2-11,16-17,25H,12-15H2,1H3,(H,30,35)(H2,31,32,36)/t17-/m0/s1. The maximum absolute atomic E-state index is 13.6. The number of halogens is 2. The summed E-state index contributed by atoms with van der Waals surface area (Å²) in [4.78, 5) is 34.2. The number of benzene rings is 3. The number of hydrogen-bond donors (Lipinski definition) is 3. The van der Waals surface area contributed by atoms with Crippen molar-refractivity contribution in [3.63, 3.8) is 0 Å². The van der Waals surface area contributed by atoms with Crippen LogP contribution >= 0.6 is 0 Å². The number of nitrogens with zero attached hydrogens (tertiary/aromatic N) is 2. The van der Waals surface area contributed by atoms with E-state index in [4.69, 9.17) is 0 Å². The second-order valence-corrected chi connectivity index (χ2v) is 9.08. The maximum Gasteiger partial charge on any atom is 0.323 e. The van der Waals surface area contributed by atoms with Crippen LogP contribution in [0.1, 0.15) is 24.1 Å². The van der Waals surface area contributed by atoms with Gasteiger partial charge in [-0.3, -0.25) is 14.6 Å². The predicted octanol–water partition coefficient (Wildman–Crippen LogP) is 3.87. The number of piperazine rings is 1. The van der Waals surface area contributed by atoms with E-state index in [9.17, 15) is 18.4 Å². The lowest BCUT2D eigenvalue weighted by Gasteiger charge is -2.41. The maximum atomic E-state index is 13.6. The van der Waals surface area contributed by atoms with Crippen molar-refractivity contribution in [2.24, 2.45) is 0 Å². The zero-order valence-electron chi connectivity index (χ0n) is 19.8. The van der Waals surface area contributed by atoms with Gasteiger partial charge in [-0.2, -0.15) is 0 Å². The molecule has 9 heteroatoms. The Kier molecular flexibility index (Phi) is 6.67. The Balaban J connectivity index is 1.26. The van der Waals surface area contributed by atoms with E-state index in [1.807, 2.05) is 6.92 Å². The number of nitrogens with one attached hydrogen (secondary N) is 3. The molecule has 3 N–H and O–H groups in total. The van der Waals surface area contributed by atoms with Gasteiger partial charge in [-0.25, -0.2) is 13.6 Å². The van der Waals surface area contributed by atoms with Crippen LogP contribution in [0.5, 0.6) is 0 Å². The average molecular weight is 492 g/mol. The van der Waals surface area contributed by atoms with Gasteiger partial charge in [-0.1, -0.05) is 24.3 Å². The summed E-state index contributed by atoms with van der Waals surface area (Å²) < 4.78 is 27.1. The minimum Gasteiger partial charge on any atom is -0.325 e. The van der Waals surface area contributed by atoms with Gasteiger partial charge in [0.05, 0.1) is 23.1 Å². The van der Waals surface area contributed by atoms with Crippen molar-refractivity contribution in [3.05, 3.63) is 100.0 Å². The lowest BCUT2D eigenvalue weighted by atomic mass is 9.96. The summed E-state index contributed by atoms with van der Waals surface area (Å²) in [5.74, 6) is -0.735. The van der Waals surface area contributed by atoms with E-state index in [2.05, 4.69) is 25.1 Å². The van der Waals surface area contributed by atoms with E-state index in [0.29, 0.717) is 42.9 Å². The van der Waals surface area contributed by atoms with Crippen molar-refractivity contribution in [1.29, 1.82) is 0 Å². The van der Waals surface area contributed by atoms with E-state index in [1.54, 1.807) is 42.5 Å². The summed E-state index contributed by atoms with van der Waals surface area (Å²) in [5, 5.41) is 2.94. The first kappa shape index (κ1) is 23.9. The molecule has 0 aliphatic carbocycles. The van der Waals surface area contributed by atoms with Gasteiger partial charge >= 0.3 is 5.69 Å². The zero-order chi connectivity index (χ0) is 25.2. The lowest BCUT2D eigenvalue weighted by Crippen LogP contribution is -2.53. The molecule has 36 heavy (non-hydrogen) atoms. The molecule has 0 saturated carbocycles. The van der Waals surface area contributed by atoms with Crippen molar-refractivity contribution < 1.29 is 13.6 Å². The van der Waals surface area contributed by atoms with Gasteiger partial charge in [-0.15, -0.1) is 0 Å². The highest BCUT2D eigenvalue weighted by Gasteiger charge is 2.30. The molecule has 0 radical (unpaired) electrons. The third kappa shape index (κ3) is 5.07. The summed E-state index contributed by atoms with van der Waals surface area (Å²) in [6.07, 6.45) is 0. The summed E-state index contributed by atoms with van der Waals surface area (Å²) >= 11 is 0. The highest BCUT2D eigenvalue weighted by molar-refractivity contribution is 5.96. The highest BCUT2D eigenvalue weighted by Crippen LogP contribution is 2.30. The molecule has 1 saturated heterocycles. The van der Waals surface area contributed by atoms with Gasteiger partial charge in [0.25, 0.3) is 0 Å². The van der Waals surface area contributed by atoms with Gasteiger partial charge in [0, 0.05) is 31.9 Å². The van der Waals surface area contributed by atoms with E-state index in [-0.39, 0.29) is 35.3 Å². The number of imidazole rings is 1. The number of carbonyl (C=O) groups is 1. The first-order valence-electron chi connectivity index (χ1n) is 11.9. The van der Waals surface area contributed by atoms with Crippen LogP contribution in [0.25, 0.3) is 11.0 Å². The fourth-order valence-corrected chi connectivity index (χ4v) is 4.81. The van der Waals surface area contributed by atoms with Crippen LogP contribution in [-0.2, 0) is 4.79 Å². The van der Waals surface area contributed by atoms with Gasteiger partial charge in [-0.05, 0) is 60.5 Å². The van der Waals surface area contributed by atoms with Crippen LogP contribution in [0, 0.1) is 11.6 Å². The number of carbonyl (C=O) groups excluding carboxylic acids is 1. The number of hydrogen-bond acceptors (Lipinski definition) is 4. The number of fused-ring (bicyclic) bond motifs is 1. The molecular weight excluding hydrogens is 464 g/mol. The fraction of sp³-hybridized carbons (Fsp3) is 0.259. The monoisotopic (exact) mass is 491 g/mol. The molecule has 0 unspecified atom stereocenters. The summed E-state index contributed by atoms with van der Waals surface area (Å²) in [5.41, 5.74) is 3.49. The SMILES string of the molecule is C[C@@H](C(=O)Nc1ccc2[nH]c(=O)[nH]c2c1)N1CCN(C(c2ccc(F)cc2)c2ccc(F)cc2)CC1. The summed E-state index contributed by atoms with van der Waals surface area (Å²) in [6.45, 7) is 4.58. The molecule has 0 bridgehead atoms. The molecule has 186 valence electrons. The number of aromatic amines is 2. The Morgan fingerprint density at radius 3 is 1.92 bits per heavy atom. The van der Waals surface area contributed by atoms with E-state index < -0.39 is 0 Å². The molecule has 1 fully saturated rings. The van der Waals surface area contributed by atoms with Crippen molar-refractivity contribution in [3.8, 4) is 0 Å². The third-order valence-electron chi connectivity index (χ3n) is 6.80. The summed E-state index contributed by atoms with van der Waals surface area (Å²) in [7, 11) is 0. The van der Waals surface area contributed by atoms with Crippen LogP contribution in [-0.4, -0.2) is 57.9 Å². The number of H-pyrrole nitrogens is 2. The van der Waals surface area contributed by atoms with Crippen LogP contribution < -0.4 is 11.0 Å². The van der Waals surface area contributed by atoms with E-state index in [1.165, 1.54) is 24.3 Å². The first-order valence-corrected chi connectivity index (χ1v) is 11.9. The number of anilines is 1. The predicted molar refractivity (Wildman–Crippen MR) is 135 cm³/mol. The van der Waals surface area contributed by atoms with Gasteiger partial charge < -0.3 is 15.3 Å². The number of aromatic nitrogens is 2. The molecule has 1 amide bonds. The van der Waals surface area contributed by atoms with Crippen molar-refractivity contribution >= 4 is 22.6 Å². The van der Waals surface area contributed by atoms with Gasteiger partial charge in [0.2, 0.25) is 5.91 Å². The molecule has 1 atom stereocenters. The molecule has 3 aromatic carbocycles. The van der Waals surface area contributed by atoms with Crippen LogP contribution in [0.4, 0.5) is 14.5 Å². The first-order chi connectivity index (χ1) is 17.4. The molecule has 4 aromatic rings. The highest BCUT2D eigenvalue weighted by atomic mass is 19.1. The summed E-state index contributed by atoms with van der Waals surface area (Å²) in [6, 6.07) is 17.5. The van der Waals surface area contributed by atoms with Gasteiger partial charge in [0.15, 0.2) is 0 Å². The Morgan fingerprint density at radius 1 is 0.806 bits per heavy atom. The second kappa shape index (κ2) is 10.0. The number of rotatable bonds is 6. The smallest absolute Gasteiger partial charge is 0.323 e. The molecule has 0 spiro atoms. The fourth-order valence-electron chi connectivity index (χ4n) is 4.81. The minimum atomic E-state index is -0.358. The zero-order valence-corrected chi connectivity index (χ0v) is 19.8. The molecule has 7 nitrogen and oxygen atoms in total. The minimum absolute atomic E-state index is 0.130. The Bertz CT molecular complexity index is 1360. The number of amides is 1. The van der Waals surface area contributed by atoms with Crippen molar-refractivity contribution in [1.82, 2.24) is 19.8 Å². The molecule has 5 rings (SSSR count). The third-order valence-corrected chi connectivity index (χ3v) is 6.80. The Hall–Kier alpha value is -3.82. The van der Waals surface area contributed by atoms with Crippen LogP contribution in [0.2, 0.25) is 0 Å². The molecular formula is C27H27F2N5O2. The van der Waals surface area contributed by atoms with Crippen molar-refractivity contribution in [2.75, 3.05) is 31.5 Å². The van der Waals surface area contributed by atoms with Crippen molar-refractivity contribution in [2.45, 2.75) is 19.0 Å². The van der Waals surface area contributed by atoms with E-state index >= 15 is 0 Å². The molecule has 1 aliphatic rings. The topological polar surface area (TPSA) is 84.2 Å². The largest absolute Gasteiger partial charge is 0.325 e. The second-order valence-electron chi connectivity index (χ2n) is 9.08. The van der Waals surface area contributed by atoms with E-state index in [0.717, 1.165) is 11.1 Å². The normalized spacial score (nSPS) is 15.9. The lowest BCUT2D eigenvalue weighted by molar-refractivity contribution is -0.121. The Morgan fingerprint density at radius 2 is 1.33 bits per heavy atom. The molecule has 1 aliphatic heterocycles. The van der Waals surface area contributed by atoms with Crippen LogP contribution in [0.15, 0.2) is 71.5 Å². The average Bonchev–Trinajstić information content (AvgIpc) is 3.25. The molecule has 1 aromatic heterocycles. The molecule has 2 heterocycles. The van der Waals surface area contributed by atoms with Crippen LogP contribution in [0.3, 0.4) is 0 Å². The van der Waals surface area contributed by atoms with Gasteiger partial charge in [0.1, 0.15) is 11.6 Å².